The second-order valence-corrected chi connectivity index (χ2v) is 6.35. The minimum atomic E-state index is -0.430. The third kappa shape index (κ3) is 2.98. The standard InChI is InChI=1S/C18H11FN4O2S/c19-12-4-2-5-13(8-12)22-17-16-15(9-26-18(16)21-10-20-17)11-3-1-6-14(7-11)23(24)25/h1-10H,(H,20,21,22). The number of nitro groups is 1. The SMILES string of the molecule is O=[N+]([O-])c1cccc(-c2csc3ncnc(Nc4cccc(F)c4)c23)c1. The first-order valence-electron chi connectivity index (χ1n) is 7.61. The Morgan fingerprint density at radius 2 is 1.96 bits per heavy atom. The van der Waals surface area contributed by atoms with Gasteiger partial charge in [-0.15, -0.1) is 11.3 Å². The molecule has 0 fully saturated rings. The molecule has 0 aliphatic heterocycles. The number of benzene rings is 2. The molecular formula is C18H11FN4O2S. The van der Waals surface area contributed by atoms with Crippen molar-refractivity contribution in [2.75, 3.05) is 5.32 Å². The molecule has 6 nitrogen and oxygen atoms in total. The van der Waals surface area contributed by atoms with Crippen molar-refractivity contribution in [1.82, 2.24) is 9.97 Å². The number of anilines is 2. The number of hydrogen-bond donors (Lipinski definition) is 1. The zero-order valence-corrected chi connectivity index (χ0v) is 14.0. The van der Waals surface area contributed by atoms with Crippen molar-refractivity contribution in [2.45, 2.75) is 0 Å². The van der Waals surface area contributed by atoms with Crippen LogP contribution in [0, 0.1) is 15.9 Å². The Kier molecular flexibility index (Phi) is 4.02. The van der Waals surface area contributed by atoms with E-state index in [9.17, 15) is 14.5 Å². The van der Waals surface area contributed by atoms with E-state index < -0.39 is 4.92 Å². The molecule has 8 heteroatoms. The van der Waals surface area contributed by atoms with Gasteiger partial charge in [-0.05, 0) is 23.8 Å². The lowest BCUT2D eigenvalue weighted by Crippen LogP contribution is -1.96. The van der Waals surface area contributed by atoms with Crippen LogP contribution in [0.5, 0.6) is 0 Å². The van der Waals surface area contributed by atoms with Crippen LogP contribution in [0.15, 0.2) is 60.2 Å². The summed E-state index contributed by atoms with van der Waals surface area (Å²) in [5, 5.41) is 16.8. The Morgan fingerprint density at radius 3 is 2.77 bits per heavy atom. The number of thiophene rings is 1. The second kappa shape index (κ2) is 6.49. The van der Waals surface area contributed by atoms with Gasteiger partial charge < -0.3 is 5.32 Å². The predicted molar refractivity (Wildman–Crippen MR) is 99.2 cm³/mol. The summed E-state index contributed by atoms with van der Waals surface area (Å²) in [5.41, 5.74) is 2.05. The summed E-state index contributed by atoms with van der Waals surface area (Å²) < 4.78 is 13.5. The fourth-order valence-corrected chi connectivity index (χ4v) is 3.59. The molecule has 4 rings (SSSR count). The highest BCUT2D eigenvalue weighted by Gasteiger charge is 2.15. The fraction of sp³-hybridized carbons (Fsp3) is 0. The van der Waals surface area contributed by atoms with Gasteiger partial charge in [0.1, 0.15) is 22.8 Å². The van der Waals surface area contributed by atoms with Gasteiger partial charge in [0, 0.05) is 28.8 Å². The molecule has 0 aliphatic carbocycles. The van der Waals surface area contributed by atoms with Crippen LogP contribution in [-0.4, -0.2) is 14.9 Å². The van der Waals surface area contributed by atoms with Crippen molar-refractivity contribution in [1.29, 1.82) is 0 Å². The number of nitro benzene ring substituents is 1. The number of nitrogens with zero attached hydrogens (tertiary/aromatic N) is 3. The van der Waals surface area contributed by atoms with Crippen molar-refractivity contribution in [2.24, 2.45) is 0 Å². The summed E-state index contributed by atoms with van der Waals surface area (Å²) in [5.74, 6) is 0.160. The van der Waals surface area contributed by atoms with E-state index in [1.54, 1.807) is 24.3 Å². The Morgan fingerprint density at radius 1 is 1.12 bits per heavy atom. The average molecular weight is 366 g/mol. The predicted octanol–water partition coefficient (Wildman–Crippen LogP) is 5.15. The molecule has 0 unspecified atom stereocenters. The van der Waals surface area contributed by atoms with Crippen LogP contribution in [-0.2, 0) is 0 Å². The Labute approximate surface area is 151 Å². The van der Waals surface area contributed by atoms with Crippen molar-refractivity contribution in [3.8, 4) is 11.1 Å². The van der Waals surface area contributed by atoms with Gasteiger partial charge in [0.2, 0.25) is 0 Å². The number of nitrogens with one attached hydrogen (secondary N) is 1. The lowest BCUT2D eigenvalue weighted by molar-refractivity contribution is -0.384. The summed E-state index contributed by atoms with van der Waals surface area (Å²) in [6.07, 6.45) is 1.43. The Balaban J connectivity index is 1.85. The molecule has 0 bridgehead atoms. The van der Waals surface area contributed by atoms with E-state index in [0.717, 1.165) is 15.8 Å². The minimum Gasteiger partial charge on any atom is -0.339 e. The van der Waals surface area contributed by atoms with Gasteiger partial charge in [-0.2, -0.15) is 0 Å². The zero-order chi connectivity index (χ0) is 18.1. The quantitative estimate of drug-likeness (QED) is 0.399. The van der Waals surface area contributed by atoms with Crippen LogP contribution in [0.1, 0.15) is 0 Å². The molecule has 2 heterocycles. The fourth-order valence-electron chi connectivity index (χ4n) is 2.67. The van der Waals surface area contributed by atoms with Crippen LogP contribution in [0.4, 0.5) is 21.6 Å². The monoisotopic (exact) mass is 366 g/mol. The molecule has 1 N–H and O–H groups in total. The van der Waals surface area contributed by atoms with E-state index in [0.29, 0.717) is 17.1 Å². The molecule has 2 aromatic carbocycles. The molecule has 26 heavy (non-hydrogen) atoms. The van der Waals surface area contributed by atoms with Crippen LogP contribution in [0.2, 0.25) is 0 Å². The maximum absolute atomic E-state index is 13.5. The molecule has 2 aromatic heterocycles. The molecule has 0 amide bonds. The normalized spacial score (nSPS) is 10.8. The first-order chi connectivity index (χ1) is 12.6. The molecule has 0 atom stereocenters. The molecule has 0 aliphatic rings. The van der Waals surface area contributed by atoms with E-state index in [1.807, 2.05) is 5.38 Å². The van der Waals surface area contributed by atoms with Crippen LogP contribution >= 0.6 is 11.3 Å². The summed E-state index contributed by atoms with van der Waals surface area (Å²) in [7, 11) is 0. The molecule has 0 saturated heterocycles. The minimum absolute atomic E-state index is 0.0124. The molecule has 0 spiro atoms. The number of rotatable bonds is 4. The lowest BCUT2D eigenvalue weighted by atomic mass is 10.1. The number of non-ortho nitro benzene ring substituents is 1. The van der Waals surface area contributed by atoms with Gasteiger partial charge in [-0.25, -0.2) is 14.4 Å². The third-order valence-electron chi connectivity index (χ3n) is 3.83. The molecule has 0 radical (unpaired) electrons. The van der Waals surface area contributed by atoms with Gasteiger partial charge >= 0.3 is 0 Å². The molecule has 4 aromatic rings. The average Bonchev–Trinajstić information content (AvgIpc) is 3.07. The zero-order valence-electron chi connectivity index (χ0n) is 13.2. The highest BCUT2D eigenvalue weighted by Crippen LogP contribution is 2.38. The second-order valence-electron chi connectivity index (χ2n) is 5.49. The van der Waals surface area contributed by atoms with Crippen molar-refractivity contribution >= 4 is 38.7 Å². The number of aromatic nitrogens is 2. The Bertz CT molecular complexity index is 1130. The maximum Gasteiger partial charge on any atom is 0.270 e. The van der Waals surface area contributed by atoms with Crippen LogP contribution in [0.25, 0.3) is 21.3 Å². The molecule has 128 valence electrons. The molecule has 0 saturated carbocycles. The first kappa shape index (κ1) is 16.1. The summed E-state index contributed by atoms with van der Waals surface area (Å²) >= 11 is 1.42. The van der Waals surface area contributed by atoms with E-state index in [4.69, 9.17) is 0 Å². The van der Waals surface area contributed by atoms with Crippen molar-refractivity contribution in [3.63, 3.8) is 0 Å². The smallest absolute Gasteiger partial charge is 0.270 e. The number of halogens is 1. The highest BCUT2D eigenvalue weighted by atomic mass is 32.1. The van der Waals surface area contributed by atoms with Crippen LogP contribution < -0.4 is 5.32 Å². The topological polar surface area (TPSA) is 81.0 Å². The van der Waals surface area contributed by atoms with Crippen LogP contribution in [0.3, 0.4) is 0 Å². The highest BCUT2D eigenvalue weighted by molar-refractivity contribution is 7.17. The van der Waals surface area contributed by atoms with Gasteiger partial charge in [0.05, 0.1) is 10.3 Å². The first-order valence-corrected chi connectivity index (χ1v) is 8.49. The summed E-state index contributed by atoms with van der Waals surface area (Å²) in [4.78, 5) is 19.9. The van der Waals surface area contributed by atoms with Gasteiger partial charge in [0.15, 0.2) is 0 Å². The Hall–Kier alpha value is -3.39. The van der Waals surface area contributed by atoms with Gasteiger partial charge in [-0.3, -0.25) is 10.1 Å². The van der Waals surface area contributed by atoms with Gasteiger partial charge in [0.25, 0.3) is 5.69 Å². The van der Waals surface area contributed by atoms with E-state index in [1.165, 1.54) is 41.9 Å². The summed E-state index contributed by atoms with van der Waals surface area (Å²) in [6, 6.07) is 12.5. The number of fused-ring (bicyclic) bond motifs is 1. The van der Waals surface area contributed by atoms with E-state index >= 15 is 0 Å². The largest absolute Gasteiger partial charge is 0.339 e. The summed E-state index contributed by atoms with van der Waals surface area (Å²) in [6.45, 7) is 0. The lowest BCUT2D eigenvalue weighted by Gasteiger charge is -2.08. The van der Waals surface area contributed by atoms with Gasteiger partial charge in [-0.1, -0.05) is 18.2 Å². The number of hydrogen-bond acceptors (Lipinski definition) is 6. The molecular weight excluding hydrogens is 355 g/mol. The van der Waals surface area contributed by atoms with E-state index in [2.05, 4.69) is 15.3 Å². The van der Waals surface area contributed by atoms with Crippen molar-refractivity contribution < 1.29 is 9.31 Å². The maximum atomic E-state index is 13.5. The van der Waals surface area contributed by atoms with E-state index in [-0.39, 0.29) is 11.5 Å². The van der Waals surface area contributed by atoms with Crippen molar-refractivity contribution in [3.05, 3.63) is 76.2 Å². The third-order valence-corrected chi connectivity index (χ3v) is 4.71.